The Labute approximate surface area is 174 Å². The average molecular weight is 393 g/mol. The molecule has 1 N–H and O–H groups in total. The molecule has 1 aliphatic carbocycles. The third kappa shape index (κ3) is 5.57. The summed E-state index contributed by atoms with van der Waals surface area (Å²) in [7, 11) is 0. The van der Waals surface area contributed by atoms with Gasteiger partial charge in [0.05, 0.1) is 11.3 Å². The molecule has 1 amide bonds. The molecule has 2 aliphatic rings. The Morgan fingerprint density at radius 1 is 0.966 bits per heavy atom. The van der Waals surface area contributed by atoms with E-state index in [9.17, 15) is 4.79 Å². The maximum atomic E-state index is 13.0. The molecule has 1 saturated heterocycles. The number of amides is 1. The largest absolute Gasteiger partial charge is 0.381 e. The number of piperazine rings is 1. The Bertz CT molecular complexity index is 778. The van der Waals surface area contributed by atoms with Gasteiger partial charge in [0.25, 0.3) is 5.91 Å². The van der Waals surface area contributed by atoms with E-state index >= 15 is 0 Å². The van der Waals surface area contributed by atoms with Crippen molar-refractivity contribution in [2.45, 2.75) is 51.1 Å². The van der Waals surface area contributed by atoms with Crippen LogP contribution < -0.4 is 5.32 Å². The van der Waals surface area contributed by atoms with Gasteiger partial charge >= 0.3 is 0 Å². The number of pyridine rings is 1. The summed E-state index contributed by atoms with van der Waals surface area (Å²) in [5.41, 5.74) is 3.00. The highest BCUT2D eigenvalue weighted by molar-refractivity contribution is 5.94. The first-order chi connectivity index (χ1) is 14.3. The number of rotatable bonds is 5. The first-order valence-corrected chi connectivity index (χ1v) is 11.0. The molecule has 2 heterocycles. The highest BCUT2D eigenvalue weighted by Gasteiger charge is 2.23. The normalized spacial score (nSPS) is 19.0. The molecular formula is C24H32N4O. The van der Waals surface area contributed by atoms with Gasteiger partial charge in [-0.25, -0.2) is 0 Å². The standard InChI is InChI=1S/C24H32N4O/c29-24(28-14-12-27(13-15-28)19-20-8-4-3-5-9-20)21-16-23(18-25-17-21)26-22-10-6-1-2-7-11-22/h3-5,8-9,16-18,22,26H,1-2,6-7,10-15,19H2. The van der Waals surface area contributed by atoms with E-state index in [-0.39, 0.29) is 5.91 Å². The zero-order valence-electron chi connectivity index (χ0n) is 17.2. The summed E-state index contributed by atoms with van der Waals surface area (Å²) in [6.45, 7) is 4.31. The van der Waals surface area contributed by atoms with Crippen molar-refractivity contribution < 1.29 is 4.79 Å². The lowest BCUT2D eigenvalue weighted by molar-refractivity contribution is 0.0628. The van der Waals surface area contributed by atoms with E-state index in [0.717, 1.165) is 38.4 Å². The third-order valence-electron chi connectivity index (χ3n) is 6.12. The fourth-order valence-corrected chi connectivity index (χ4v) is 4.43. The van der Waals surface area contributed by atoms with Crippen molar-refractivity contribution in [1.82, 2.24) is 14.8 Å². The van der Waals surface area contributed by atoms with Crippen LogP contribution in [0.15, 0.2) is 48.8 Å². The summed E-state index contributed by atoms with van der Waals surface area (Å²) in [5.74, 6) is 0.0985. The van der Waals surface area contributed by atoms with Crippen molar-refractivity contribution >= 4 is 11.6 Å². The van der Waals surface area contributed by atoms with E-state index in [1.807, 2.05) is 23.2 Å². The summed E-state index contributed by atoms with van der Waals surface area (Å²) in [4.78, 5) is 21.7. The molecule has 29 heavy (non-hydrogen) atoms. The number of nitrogens with zero attached hydrogens (tertiary/aromatic N) is 3. The van der Waals surface area contributed by atoms with Crippen molar-refractivity contribution in [2.75, 3.05) is 31.5 Å². The second kappa shape index (κ2) is 9.88. The number of aromatic nitrogens is 1. The minimum Gasteiger partial charge on any atom is -0.381 e. The van der Waals surface area contributed by atoms with Gasteiger partial charge in [-0.3, -0.25) is 14.7 Å². The molecule has 1 aliphatic heterocycles. The highest BCUT2D eigenvalue weighted by Crippen LogP contribution is 2.22. The van der Waals surface area contributed by atoms with E-state index in [4.69, 9.17) is 0 Å². The third-order valence-corrected chi connectivity index (χ3v) is 6.12. The average Bonchev–Trinajstić information content (AvgIpc) is 3.03. The van der Waals surface area contributed by atoms with Crippen LogP contribution in [0.3, 0.4) is 0 Å². The topological polar surface area (TPSA) is 48.5 Å². The van der Waals surface area contributed by atoms with Gasteiger partial charge in [0.15, 0.2) is 0 Å². The zero-order valence-corrected chi connectivity index (χ0v) is 17.2. The first-order valence-electron chi connectivity index (χ1n) is 11.0. The molecule has 1 saturated carbocycles. The van der Waals surface area contributed by atoms with E-state index in [0.29, 0.717) is 11.6 Å². The van der Waals surface area contributed by atoms with Gasteiger partial charge < -0.3 is 10.2 Å². The number of anilines is 1. The summed E-state index contributed by atoms with van der Waals surface area (Å²) in [6, 6.07) is 13.0. The second-order valence-corrected chi connectivity index (χ2v) is 8.35. The van der Waals surface area contributed by atoms with Gasteiger partial charge in [0, 0.05) is 51.2 Å². The fourth-order valence-electron chi connectivity index (χ4n) is 4.43. The number of hydrogen-bond donors (Lipinski definition) is 1. The van der Waals surface area contributed by atoms with Crippen LogP contribution in [0, 0.1) is 0 Å². The lowest BCUT2D eigenvalue weighted by atomic mass is 10.1. The highest BCUT2D eigenvalue weighted by atomic mass is 16.2. The molecule has 4 rings (SSSR count). The predicted octanol–water partition coefficient (Wildman–Crippen LogP) is 4.17. The van der Waals surface area contributed by atoms with Crippen molar-refractivity contribution in [3.8, 4) is 0 Å². The van der Waals surface area contributed by atoms with Crippen LogP contribution >= 0.6 is 0 Å². The van der Waals surface area contributed by atoms with Crippen LogP contribution in [-0.4, -0.2) is 52.9 Å². The number of benzene rings is 1. The summed E-state index contributed by atoms with van der Waals surface area (Å²) in [6.07, 6.45) is 11.2. The van der Waals surface area contributed by atoms with E-state index in [1.165, 1.54) is 44.1 Å². The second-order valence-electron chi connectivity index (χ2n) is 8.35. The summed E-state index contributed by atoms with van der Waals surface area (Å²) in [5, 5.41) is 3.61. The van der Waals surface area contributed by atoms with Crippen LogP contribution in [0.4, 0.5) is 5.69 Å². The van der Waals surface area contributed by atoms with Gasteiger partial charge in [-0.2, -0.15) is 0 Å². The van der Waals surface area contributed by atoms with E-state index in [2.05, 4.69) is 39.5 Å². The van der Waals surface area contributed by atoms with Gasteiger partial charge in [0.1, 0.15) is 0 Å². The molecule has 2 aromatic rings. The van der Waals surface area contributed by atoms with Crippen LogP contribution in [0.25, 0.3) is 0 Å². The quantitative estimate of drug-likeness (QED) is 0.776. The molecule has 0 spiro atoms. The molecule has 2 fully saturated rings. The van der Waals surface area contributed by atoms with Gasteiger partial charge in [-0.1, -0.05) is 56.0 Å². The Hall–Kier alpha value is -2.40. The number of nitrogens with one attached hydrogen (secondary N) is 1. The Balaban J connectivity index is 1.31. The lowest BCUT2D eigenvalue weighted by Crippen LogP contribution is -2.48. The zero-order chi connectivity index (χ0) is 19.9. The maximum absolute atomic E-state index is 13.0. The number of carbonyl (C=O) groups is 1. The van der Waals surface area contributed by atoms with Crippen LogP contribution in [0.5, 0.6) is 0 Å². The SMILES string of the molecule is O=C(c1cncc(NC2CCCCCC2)c1)N1CCN(Cc2ccccc2)CC1. The number of hydrogen-bond acceptors (Lipinski definition) is 4. The smallest absolute Gasteiger partial charge is 0.255 e. The molecule has 0 atom stereocenters. The van der Waals surface area contributed by atoms with Crippen LogP contribution in [-0.2, 0) is 6.54 Å². The van der Waals surface area contributed by atoms with E-state index in [1.54, 1.807) is 6.20 Å². The molecule has 1 aromatic heterocycles. The Morgan fingerprint density at radius 3 is 2.41 bits per heavy atom. The van der Waals surface area contributed by atoms with Crippen molar-refractivity contribution in [3.63, 3.8) is 0 Å². The number of carbonyl (C=O) groups excluding carboxylic acids is 1. The predicted molar refractivity (Wildman–Crippen MR) is 117 cm³/mol. The molecule has 154 valence electrons. The fraction of sp³-hybridized carbons (Fsp3) is 0.500. The summed E-state index contributed by atoms with van der Waals surface area (Å²) >= 11 is 0. The van der Waals surface area contributed by atoms with Crippen LogP contribution in [0.1, 0.15) is 54.4 Å². The molecule has 5 heteroatoms. The monoisotopic (exact) mass is 392 g/mol. The Kier molecular flexibility index (Phi) is 6.78. The molecule has 0 radical (unpaired) electrons. The van der Waals surface area contributed by atoms with Crippen molar-refractivity contribution in [2.24, 2.45) is 0 Å². The van der Waals surface area contributed by atoms with Gasteiger partial charge in [-0.15, -0.1) is 0 Å². The van der Waals surface area contributed by atoms with Crippen LogP contribution in [0.2, 0.25) is 0 Å². The van der Waals surface area contributed by atoms with Gasteiger partial charge in [0.2, 0.25) is 0 Å². The minimum atomic E-state index is 0.0985. The van der Waals surface area contributed by atoms with Crippen molar-refractivity contribution in [3.05, 3.63) is 59.9 Å². The Morgan fingerprint density at radius 2 is 1.69 bits per heavy atom. The van der Waals surface area contributed by atoms with Crippen molar-refractivity contribution in [1.29, 1.82) is 0 Å². The first kappa shape index (κ1) is 19.9. The maximum Gasteiger partial charge on any atom is 0.255 e. The molecule has 1 aromatic carbocycles. The van der Waals surface area contributed by atoms with E-state index < -0.39 is 0 Å². The lowest BCUT2D eigenvalue weighted by Gasteiger charge is -2.34. The minimum absolute atomic E-state index is 0.0985. The summed E-state index contributed by atoms with van der Waals surface area (Å²) < 4.78 is 0. The van der Waals surface area contributed by atoms with Gasteiger partial charge in [-0.05, 0) is 24.5 Å². The molecule has 0 unspecified atom stereocenters. The molecular weight excluding hydrogens is 360 g/mol. The molecule has 0 bridgehead atoms. The molecule has 5 nitrogen and oxygen atoms in total.